The molecule has 0 saturated carbocycles. The SMILES string of the molecule is CCC[SH](=O)(P)Nc1ccc(Cl)c(C(=O)Nc2cnc3[nH]nc(OCCOC)c3c2)c1F. The highest BCUT2D eigenvalue weighted by molar-refractivity contribution is 8.46. The maximum Gasteiger partial charge on any atom is 0.260 e. The van der Waals surface area contributed by atoms with Crippen LogP contribution in [0.25, 0.3) is 11.0 Å². The number of carbonyl (C=O) groups is 1. The smallest absolute Gasteiger partial charge is 0.260 e. The Balaban J connectivity index is 1.85. The van der Waals surface area contributed by atoms with Crippen LogP contribution in [0.4, 0.5) is 15.8 Å². The molecule has 174 valence electrons. The fourth-order valence-corrected chi connectivity index (χ4v) is 5.69. The summed E-state index contributed by atoms with van der Waals surface area (Å²) in [5, 5.41) is 9.80. The van der Waals surface area contributed by atoms with Gasteiger partial charge in [0.1, 0.15) is 6.61 Å². The van der Waals surface area contributed by atoms with Crippen LogP contribution in [-0.4, -0.2) is 51.4 Å². The van der Waals surface area contributed by atoms with E-state index in [-0.39, 0.29) is 28.6 Å². The van der Waals surface area contributed by atoms with E-state index in [0.29, 0.717) is 35.7 Å². The molecule has 32 heavy (non-hydrogen) atoms. The number of rotatable bonds is 10. The number of amides is 1. The normalized spacial score (nSPS) is 12.0. The Bertz CT molecular complexity index is 1180. The maximum absolute atomic E-state index is 15.1. The third-order valence-corrected chi connectivity index (χ3v) is 7.56. The first kappa shape index (κ1) is 24.3. The Kier molecular flexibility index (Phi) is 8.00. The molecule has 0 spiro atoms. The second kappa shape index (κ2) is 10.5. The Labute approximate surface area is 192 Å². The molecule has 3 aromatic rings. The lowest BCUT2D eigenvalue weighted by Crippen LogP contribution is -2.21. The first-order chi connectivity index (χ1) is 15.3. The number of halogens is 2. The van der Waals surface area contributed by atoms with Crippen LogP contribution in [0.15, 0.2) is 24.4 Å². The van der Waals surface area contributed by atoms with Crippen molar-refractivity contribution >= 4 is 58.1 Å². The van der Waals surface area contributed by atoms with Gasteiger partial charge in [-0.1, -0.05) is 18.5 Å². The number of benzene rings is 1. The van der Waals surface area contributed by atoms with E-state index in [4.69, 9.17) is 21.1 Å². The molecule has 0 aliphatic carbocycles. The summed E-state index contributed by atoms with van der Waals surface area (Å²) in [6, 6.07) is 4.32. The molecule has 1 unspecified atom stereocenters. The lowest BCUT2D eigenvalue weighted by Gasteiger charge is -2.22. The van der Waals surface area contributed by atoms with E-state index in [0.717, 1.165) is 0 Å². The topological polar surface area (TPSA) is 118 Å². The second-order valence-corrected chi connectivity index (χ2v) is 12.0. The Morgan fingerprint density at radius 3 is 2.88 bits per heavy atom. The van der Waals surface area contributed by atoms with Gasteiger partial charge in [-0.2, -0.15) is 0 Å². The van der Waals surface area contributed by atoms with Crippen LogP contribution < -0.4 is 14.8 Å². The monoisotopic (exact) mass is 503 g/mol. The summed E-state index contributed by atoms with van der Waals surface area (Å²) in [4.78, 5) is 17.0. The van der Waals surface area contributed by atoms with Crippen LogP contribution in [0.1, 0.15) is 23.7 Å². The molecule has 2 aromatic heterocycles. The minimum Gasteiger partial charge on any atom is -0.474 e. The van der Waals surface area contributed by atoms with Crippen LogP contribution in [-0.2, 0) is 14.5 Å². The van der Waals surface area contributed by atoms with E-state index in [1.807, 2.05) is 6.92 Å². The molecule has 3 rings (SSSR count). The van der Waals surface area contributed by atoms with Gasteiger partial charge in [-0.05, 0) is 42.8 Å². The van der Waals surface area contributed by atoms with Crippen molar-refractivity contribution < 1.29 is 22.9 Å². The first-order valence-electron chi connectivity index (χ1n) is 9.67. The third kappa shape index (κ3) is 5.72. The summed E-state index contributed by atoms with van der Waals surface area (Å²) in [5.41, 5.74) is 0.306. The van der Waals surface area contributed by atoms with Crippen LogP contribution in [0.5, 0.6) is 5.88 Å². The number of thiol groups is 1. The number of nitrogens with one attached hydrogen (secondary N) is 3. The molecule has 1 aromatic carbocycles. The van der Waals surface area contributed by atoms with Crippen LogP contribution >= 0.6 is 20.0 Å². The Morgan fingerprint density at radius 1 is 1.38 bits per heavy atom. The van der Waals surface area contributed by atoms with Gasteiger partial charge in [0.25, 0.3) is 5.91 Å². The van der Waals surface area contributed by atoms with Crippen LogP contribution in [0, 0.1) is 5.82 Å². The number of hydrogen-bond acceptors (Lipinski definition) is 6. The number of aromatic amines is 1. The number of hydrogen-bond donors (Lipinski definition) is 4. The predicted molar refractivity (Wildman–Crippen MR) is 129 cm³/mol. The summed E-state index contributed by atoms with van der Waals surface area (Å²) in [6.45, 7) is 2.53. The van der Waals surface area contributed by atoms with Crippen molar-refractivity contribution in [2.75, 3.05) is 36.1 Å². The molecule has 0 aliphatic heterocycles. The molecule has 0 aliphatic rings. The molecule has 1 amide bonds. The van der Waals surface area contributed by atoms with Gasteiger partial charge in [-0.15, -0.1) is 5.10 Å². The molecule has 9 nitrogen and oxygen atoms in total. The molecule has 0 radical (unpaired) electrons. The fourth-order valence-electron chi connectivity index (χ4n) is 2.91. The minimum atomic E-state index is -2.90. The molecule has 3 N–H and O–H groups in total. The van der Waals surface area contributed by atoms with Gasteiger partial charge in [0.15, 0.2) is 11.5 Å². The van der Waals surface area contributed by atoms with Crippen LogP contribution in [0.3, 0.4) is 0 Å². The molecule has 1 atom stereocenters. The standard InChI is InChI=1S/C19H24ClFN5O4PS/c1-3-8-32(28,31)26-14-5-4-13(20)15(16(14)21)18(27)23-11-9-12-17(22-10-11)24-25-19(12)30-7-6-29-2/h4-5,9-10,32H,3,6-8,31H2,1-2H3,(H,23,27)(H,26,28)(H,22,24,25). The van der Waals surface area contributed by atoms with Crippen LogP contribution in [0.2, 0.25) is 5.02 Å². The van der Waals surface area contributed by atoms with Crippen molar-refractivity contribution in [2.24, 2.45) is 0 Å². The van der Waals surface area contributed by atoms with E-state index in [1.165, 1.54) is 18.3 Å². The van der Waals surface area contributed by atoms with Crippen molar-refractivity contribution in [1.82, 2.24) is 15.2 Å². The number of aromatic nitrogens is 3. The number of methoxy groups -OCH3 is 1. The average Bonchev–Trinajstić information content (AvgIpc) is 3.13. The van der Waals surface area contributed by atoms with E-state index in [9.17, 15) is 9.00 Å². The van der Waals surface area contributed by atoms with Crippen molar-refractivity contribution in [2.45, 2.75) is 13.3 Å². The lowest BCUT2D eigenvalue weighted by molar-refractivity contribution is 0.102. The molecular weight excluding hydrogens is 480 g/mol. The third-order valence-electron chi connectivity index (χ3n) is 4.35. The van der Waals surface area contributed by atoms with Gasteiger partial charge in [0, 0.05) is 12.9 Å². The van der Waals surface area contributed by atoms with Crippen molar-refractivity contribution in [3.8, 4) is 5.88 Å². The summed E-state index contributed by atoms with van der Waals surface area (Å²) >= 11 is 6.10. The Morgan fingerprint density at radius 2 is 2.16 bits per heavy atom. The fraction of sp³-hybridized carbons (Fsp3) is 0.316. The maximum atomic E-state index is 15.1. The molecule has 0 saturated heterocycles. The predicted octanol–water partition coefficient (Wildman–Crippen LogP) is 3.57. The summed E-state index contributed by atoms with van der Waals surface area (Å²) < 4.78 is 40.8. The summed E-state index contributed by atoms with van der Waals surface area (Å²) in [7, 11) is 0.880. The lowest BCUT2D eigenvalue weighted by atomic mass is 10.1. The van der Waals surface area contributed by atoms with E-state index in [1.54, 1.807) is 13.2 Å². The van der Waals surface area contributed by atoms with Gasteiger partial charge in [-0.25, -0.2) is 9.37 Å². The Hall–Kier alpha value is -2.33. The van der Waals surface area contributed by atoms with Crippen molar-refractivity contribution in [1.29, 1.82) is 0 Å². The van der Waals surface area contributed by atoms with E-state index < -0.39 is 21.5 Å². The van der Waals surface area contributed by atoms with Gasteiger partial charge in [-0.3, -0.25) is 14.1 Å². The zero-order valence-electron chi connectivity index (χ0n) is 17.4. The largest absolute Gasteiger partial charge is 0.474 e. The summed E-state index contributed by atoms with van der Waals surface area (Å²) in [6.07, 6.45) is 2.04. The number of anilines is 2. The molecular formula is C19H24ClFN5O4PS. The number of H-pyrrole nitrogens is 1. The molecule has 13 heteroatoms. The van der Waals surface area contributed by atoms with E-state index >= 15 is 4.39 Å². The van der Waals surface area contributed by atoms with Gasteiger partial charge >= 0.3 is 0 Å². The second-order valence-electron chi connectivity index (χ2n) is 6.86. The molecule has 2 heterocycles. The average molecular weight is 504 g/mol. The number of fused-ring (bicyclic) bond motifs is 1. The molecule has 0 bridgehead atoms. The van der Waals surface area contributed by atoms with Crippen molar-refractivity contribution in [3.05, 3.63) is 40.8 Å². The number of carbonyl (C=O) groups excluding carboxylic acids is 1. The van der Waals surface area contributed by atoms with Gasteiger partial charge in [0.2, 0.25) is 5.88 Å². The number of nitrogens with zero attached hydrogens (tertiary/aromatic N) is 2. The number of pyridine rings is 1. The van der Waals surface area contributed by atoms with Gasteiger partial charge < -0.3 is 19.5 Å². The zero-order chi connectivity index (χ0) is 23.3. The number of ether oxygens (including phenoxy) is 2. The minimum absolute atomic E-state index is 0.0661. The van der Waals surface area contributed by atoms with Gasteiger partial charge in [0.05, 0.1) is 40.2 Å². The highest BCUT2D eigenvalue weighted by atomic mass is 35.5. The zero-order valence-corrected chi connectivity index (χ0v) is 20.3. The van der Waals surface area contributed by atoms with Crippen molar-refractivity contribution in [3.63, 3.8) is 0 Å². The quantitative estimate of drug-likeness (QED) is 0.191. The first-order valence-corrected chi connectivity index (χ1v) is 13.6. The molecule has 0 fully saturated rings. The van der Waals surface area contributed by atoms with E-state index in [2.05, 4.69) is 33.7 Å². The highest BCUT2D eigenvalue weighted by Gasteiger charge is 2.22. The highest BCUT2D eigenvalue weighted by Crippen LogP contribution is 2.30. The summed E-state index contributed by atoms with van der Waals surface area (Å²) in [5.74, 6) is -1.03.